The van der Waals surface area contributed by atoms with Crippen molar-refractivity contribution in [2.45, 2.75) is 25.8 Å². The van der Waals surface area contributed by atoms with Crippen molar-refractivity contribution in [1.82, 2.24) is 5.32 Å². The van der Waals surface area contributed by atoms with Gasteiger partial charge in [-0.2, -0.15) is 0 Å². The van der Waals surface area contributed by atoms with Crippen molar-refractivity contribution in [2.75, 3.05) is 0 Å². The standard InChI is InChI=1S/C13H18N4O3/c1-8(6-11(14)18)16-12(19)7-9-2-4-10(5-3-9)13(15)17-20/h2-5,8,20H,6-7H2,1H3,(H2,14,18)(H2,15,17)(H,16,19). The van der Waals surface area contributed by atoms with E-state index in [1.807, 2.05) is 0 Å². The molecule has 0 aliphatic carbocycles. The molecule has 1 unspecified atom stereocenters. The van der Waals surface area contributed by atoms with Gasteiger partial charge in [-0.3, -0.25) is 9.59 Å². The van der Waals surface area contributed by atoms with Crippen LogP contribution in [0.5, 0.6) is 0 Å². The maximum absolute atomic E-state index is 11.7. The van der Waals surface area contributed by atoms with E-state index in [9.17, 15) is 9.59 Å². The average molecular weight is 278 g/mol. The van der Waals surface area contributed by atoms with E-state index in [2.05, 4.69) is 10.5 Å². The third kappa shape index (κ3) is 4.97. The highest BCUT2D eigenvalue weighted by molar-refractivity contribution is 5.97. The predicted molar refractivity (Wildman–Crippen MR) is 74.1 cm³/mol. The molecule has 1 aromatic rings. The molecule has 20 heavy (non-hydrogen) atoms. The minimum Gasteiger partial charge on any atom is -0.409 e. The van der Waals surface area contributed by atoms with E-state index in [-0.39, 0.29) is 30.6 Å². The second-order valence-electron chi connectivity index (χ2n) is 4.50. The number of amides is 2. The van der Waals surface area contributed by atoms with Crippen LogP contribution in [0.25, 0.3) is 0 Å². The molecule has 0 aromatic heterocycles. The van der Waals surface area contributed by atoms with Gasteiger partial charge in [-0.1, -0.05) is 29.4 Å². The second kappa shape index (κ2) is 7.13. The normalized spacial score (nSPS) is 12.8. The van der Waals surface area contributed by atoms with Gasteiger partial charge in [-0.25, -0.2) is 0 Å². The molecule has 1 aromatic carbocycles. The lowest BCUT2D eigenvalue weighted by Crippen LogP contribution is -2.36. The van der Waals surface area contributed by atoms with Crippen LogP contribution < -0.4 is 16.8 Å². The molecule has 1 atom stereocenters. The quantitative estimate of drug-likeness (QED) is 0.246. The number of nitrogens with zero attached hydrogens (tertiary/aromatic N) is 1. The lowest BCUT2D eigenvalue weighted by molar-refractivity contribution is -0.121. The molecule has 0 saturated heterocycles. The lowest BCUT2D eigenvalue weighted by Gasteiger charge is -2.12. The number of carbonyl (C=O) groups excluding carboxylic acids is 2. The van der Waals surface area contributed by atoms with Crippen molar-refractivity contribution in [3.63, 3.8) is 0 Å². The number of benzene rings is 1. The molecule has 0 aliphatic heterocycles. The smallest absolute Gasteiger partial charge is 0.224 e. The molecule has 0 saturated carbocycles. The van der Waals surface area contributed by atoms with Crippen LogP contribution in [0.3, 0.4) is 0 Å². The zero-order valence-electron chi connectivity index (χ0n) is 11.2. The van der Waals surface area contributed by atoms with E-state index in [0.29, 0.717) is 5.56 Å². The molecule has 0 heterocycles. The number of nitrogens with two attached hydrogens (primary N) is 2. The van der Waals surface area contributed by atoms with E-state index in [1.54, 1.807) is 31.2 Å². The topological polar surface area (TPSA) is 131 Å². The molecule has 7 nitrogen and oxygen atoms in total. The largest absolute Gasteiger partial charge is 0.409 e. The van der Waals surface area contributed by atoms with E-state index in [1.165, 1.54) is 0 Å². The summed E-state index contributed by atoms with van der Waals surface area (Å²) < 4.78 is 0. The Morgan fingerprint density at radius 2 is 1.90 bits per heavy atom. The molecule has 0 radical (unpaired) electrons. The van der Waals surface area contributed by atoms with Crippen LogP contribution in [0.1, 0.15) is 24.5 Å². The van der Waals surface area contributed by atoms with E-state index >= 15 is 0 Å². The van der Waals surface area contributed by atoms with Crippen molar-refractivity contribution in [2.24, 2.45) is 16.6 Å². The summed E-state index contributed by atoms with van der Waals surface area (Å²) in [5, 5.41) is 14.1. The molecular formula is C13H18N4O3. The fraction of sp³-hybridized carbons (Fsp3) is 0.308. The van der Waals surface area contributed by atoms with Gasteiger partial charge in [0.1, 0.15) is 0 Å². The first kappa shape index (κ1) is 15.5. The molecule has 1 rings (SSSR count). The molecule has 7 heteroatoms. The molecule has 108 valence electrons. The molecule has 0 fully saturated rings. The zero-order valence-corrected chi connectivity index (χ0v) is 11.2. The van der Waals surface area contributed by atoms with Gasteiger partial charge in [-0.05, 0) is 12.5 Å². The number of hydrogen-bond donors (Lipinski definition) is 4. The van der Waals surface area contributed by atoms with Crippen LogP contribution in [0.15, 0.2) is 29.4 Å². The average Bonchev–Trinajstić information content (AvgIpc) is 2.37. The van der Waals surface area contributed by atoms with Crippen LogP contribution in [-0.4, -0.2) is 28.9 Å². The van der Waals surface area contributed by atoms with Gasteiger partial charge in [0, 0.05) is 18.0 Å². The summed E-state index contributed by atoms with van der Waals surface area (Å²) in [6, 6.07) is 6.45. The van der Waals surface area contributed by atoms with Gasteiger partial charge in [0.15, 0.2) is 5.84 Å². The maximum atomic E-state index is 11.7. The van der Waals surface area contributed by atoms with Gasteiger partial charge >= 0.3 is 0 Å². The zero-order chi connectivity index (χ0) is 15.1. The Morgan fingerprint density at radius 3 is 2.40 bits per heavy atom. The van der Waals surface area contributed by atoms with Crippen molar-refractivity contribution >= 4 is 17.6 Å². The number of carbonyl (C=O) groups is 2. The monoisotopic (exact) mass is 278 g/mol. The summed E-state index contributed by atoms with van der Waals surface area (Å²) in [6.07, 6.45) is 0.285. The Hall–Kier alpha value is -2.57. The Kier molecular flexibility index (Phi) is 5.52. The van der Waals surface area contributed by atoms with E-state index < -0.39 is 5.91 Å². The third-order valence-electron chi connectivity index (χ3n) is 2.64. The number of primary amides is 1. The third-order valence-corrected chi connectivity index (χ3v) is 2.64. The van der Waals surface area contributed by atoms with E-state index in [4.69, 9.17) is 16.7 Å². The number of rotatable bonds is 6. The van der Waals surface area contributed by atoms with Crippen LogP contribution in [0.4, 0.5) is 0 Å². The summed E-state index contributed by atoms with van der Waals surface area (Å²) in [7, 11) is 0. The Balaban J connectivity index is 2.56. The van der Waals surface area contributed by atoms with Gasteiger partial charge in [0.2, 0.25) is 11.8 Å². The summed E-state index contributed by atoms with van der Waals surface area (Å²) >= 11 is 0. The Morgan fingerprint density at radius 1 is 1.30 bits per heavy atom. The summed E-state index contributed by atoms with van der Waals surface area (Å²) in [5.41, 5.74) is 11.8. The number of amidine groups is 1. The summed E-state index contributed by atoms with van der Waals surface area (Å²) in [5.74, 6) is -0.646. The van der Waals surface area contributed by atoms with Gasteiger partial charge in [0.25, 0.3) is 0 Å². The highest BCUT2D eigenvalue weighted by atomic mass is 16.4. The van der Waals surface area contributed by atoms with Crippen molar-refractivity contribution in [3.05, 3.63) is 35.4 Å². The SMILES string of the molecule is CC(CC(N)=O)NC(=O)Cc1ccc(/C(N)=N/O)cc1. The number of oxime groups is 1. The molecule has 0 bridgehead atoms. The molecule has 2 amide bonds. The first-order chi connectivity index (χ1) is 9.42. The van der Waals surface area contributed by atoms with Crippen molar-refractivity contribution in [1.29, 1.82) is 0 Å². The summed E-state index contributed by atoms with van der Waals surface area (Å²) in [4.78, 5) is 22.4. The first-order valence-corrected chi connectivity index (χ1v) is 6.07. The molecule has 6 N–H and O–H groups in total. The van der Waals surface area contributed by atoms with Crippen LogP contribution in [0, 0.1) is 0 Å². The predicted octanol–water partition coefficient (Wildman–Crippen LogP) is -0.296. The fourth-order valence-electron chi connectivity index (χ4n) is 1.72. The minimum absolute atomic E-state index is 0.0103. The molecule has 0 spiro atoms. The number of nitrogens with one attached hydrogen (secondary N) is 1. The van der Waals surface area contributed by atoms with Crippen LogP contribution in [-0.2, 0) is 16.0 Å². The molecular weight excluding hydrogens is 260 g/mol. The second-order valence-corrected chi connectivity index (χ2v) is 4.50. The highest BCUT2D eigenvalue weighted by Gasteiger charge is 2.10. The van der Waals surface area contributed by atoms with Crippen molar-refractivity contribution in [3.8, 4) is 0 Å². The molecule has 0 aliphatic rings. The van der Waals surface area contributed by atoms with Crippen LogP contribution in [0.2, 0.25) is 0 Å². The lowest BCUT2D eigenvalue weighted by atomic mass is 10.1. The van der Waals surface area contributed by atoms with Gasteiger partial charge in [-0.15, -0.1) is 0 Å². The first-order valence-electron chi connectivity index (χ1n) is 6.07. The Labute approximate surface area is 116 Å². The minimum atomic E-state index is -0.457. The van der Waals surface area contributed by atoms with Crippen molar-refractivity contribution < 1.29 is 14.8 Å². The van der Waals surface area contributed by atoms with E-state index in [0.717, 1.165) is 5.56 Å². The number of hydrogen-bond acceptors (Lipinski definition) is 4. The summed E-state index contributed by atoms with van der Waals surface area (Å²) in [6.45, 7) is 1.71. The highest BCUT2D eigenvalue weighted by Crippen LogP contribution is 2.05. The maximum Gasteiger partial charge on any atom is 0.224 e. The van der Waals surface area contributed by atoms with Gasteiger partial charge in [0.05, 0.1) is 6.42 Å². The van der Waals surface area contributed by atoms with Gasteiger partial charge < -0.3 is 22.0 Å². The van der Waals surface area contributed by atoms with Crippen LogP contribution >= 0.6 is 0 Å². The fourth-order valence-corrected chi connectivity index (χ4v) is 1.72. The Bertz CT molecular complexity index is 511.